The van der Waals surface area contributed by atoms with E-state index in [9.17, 15) is 4.79 Å². The average molecular weight is 221 g/mol. The molecule has 2 N–H and O–H groups in total. The van der Waals surface area contributed by atoms with Gasteiger partial charge in [0, 0.05) is 6.54 Å². The van der Waals surface area contributed by atoms with E-state index in [1.165, 1.54) is 0 Å². The molecule has 16 heavy (non-hydrogen) atoms. The maximum atomic E-state index is 11.6. The number of hydrogen-bond donors (Lipinski definition) is 1. The number of rotatable bonds is 5. The molecule has 0 aliphatic heterocycles. The van der Waals surface area contributed by atoms with Gasteiger partial charge in [-0.3, -0.25) is 4.79 Å². The summed E-state index contributed by atoms with van der Waals surface area (Å²) in [6, 6.07) is 7.75. The van der Waals surface area contributed by atoms with Gasteiger partial charge in [0.2, 0.25) is 0 Å². The van der Waals surface area contributed by atoms with Crippen LogP contribution in [0, 0.1) is 0 Å². The summed E-state index contributed by atoms with van der Waals surface area (Å²) in [7, 11) is 0. The van der Waals surface area contributed by atoms with Crippen molar-refractivity contribution in [2.75, 3.05) is 6.61 Å². The highest BCUT2D eigenvalue weighted by Crippen LogP contribution is 2.17. The van der Waals surface area contributed by atoms with Gasteiger partial charge in [-0.15, -0.1) is 0 Å². The van der Waals surface area contributed by atoms with Crippen molar-refractivity contribution in [3.63, 3.8) is 0 Å². The van der Waals surface area contributed by atoms with E-state index >= 15 is 0 Å². The Bertz CT molecular complexity index is 332. The average Bonchev–Trinajstić information content (AvgIpc) is 2.35. The van der Waals surface area contributed by atoms with Crippen LogP contribution in [-0.4, -0.2) is 12.6 Å². The fourth-order valence-corrected chi connectivity index (χ4v) is 1.41. The molecule has 1 rings (SSSR count). The van der Waals surface area contributed by atoms with Gasteiger partial charge in [-0.2, -0.15) is 0 Å². The second-order valence-corrected chi connectivity index (χ2v) is 3.83. The molecule has 3 heteroatoms. The van der Waals surface area contributed by atoms with E-state index in [1.807, 2.05) is 38.1 Å². The van der Waals surface area contributed by atoms with Gasteiger partial charge in [0.25, 0.3) is 0 Å². The van der Waals surface area contributed by atoms with Crippen molar-refractivity contribution in [1.29, 1.82) is 0 Å². The molecule has 0 amide bonds. The highest BCUT2D eigenvalue weighted by Gasteiger charge is 2.15. The zero-order chi connectivity index (χ0) is 12.0. The van der Waals surface area contributed by atoms with Crippen molar-refractivity contribution in [2.24, 2.45) is 5.73 Å². The number of esters is 1. The Kier molecular flexibility index (Phi) is 4.99. The summed E-state index contributed by atoms with van der Waals surface area (Å²) in [5.74, 6) is -0.374. The molecule has 0 saturated heterocycles. The van der Waals surface area contributed by atoms with E-state index < -0.39 is 0 Å². The zero-order valence-electron chi connectivity index (χ0n) is 9.90. The van der Waals surface area contributed by atoms with Gasteiger partial charge in [-0.05, 0) is 24.5 Å². The summed E-state index contributed by atoms with van der Waals surface area (Å²) >= 11 is 0. The summed E-state index contributed by atoms with van der Waals surface area (Å²) < 4.78 is 5.10. The van der Waals surface area contributed by atoms with Gasteiger partial charge in [0.15, 0.2) is 0 Å². The zero-order valence-corrected chi connectivity index (χ0v) is 9.90. The first kappa shape index (κ1) is 12.7. The van der Waals surface area contributed by atoms with Crippen molar-refractivity contribution in [2.45, 2.75) is 32.7 Å². The van der Waals surface area contributed by atoms with Crippen LogP contribution in [0.4, 0.5) is 0 Å². The van der Waals surface area contributed by atoms with Gasteiger partial charge in [0.1, 0.15) is 0 Å². The maximum absolute atomic E-state index is 11.6. The van der Waals surface area contributed by atoms with E-state index in [-0.39, 0.29) is 11.9 Å². The van der Waals surface area contributed by atoms with Gasteiger partial charge >= 0.3 is 5.97 Å². The molecular weight excluding hydrogens is 202 g/mol. The van der Waals surface area contributed by atoms with Gasteiger partial charge in [-0.1, -0.05) is 31.2 Å². The monoisotopic (exact) mass is 221 g/mol. The number of carbonyl (C=O) groups excluding carboxylic acids is 1. The number of carbonyl (C=O) groups is 1. The smallest absolute Gasteiger partial charge is 0.313 e. The maximum Gasteiger partial charge on any atom is 0.313 e. The predicted octanol–water partition coefficient (Wildman–Crippen LogP) is 2.20. The molecule has 1 aromatic carbocycles. The Morgan fingerprint density at radius 3 is 2.50 bits per heavy atom. The first-order valence-electron chi connectivity index (χ1n) is 5.64. The van der Waals surface area contributed by atoms with E-state index in [0.29, 0.717) is 13.2 Å². The molecular formula is C13H19NO2. The Hall–Kier alpha value is -1.35. The number of nitrogens with two attached hydrogens (primary N) is 1. The summed E-state index contributed by atoms with van der Waals surface area (Å²) in [6.07, 6.45) is 0.852. The fourth-order valence-electron chi connectivity index (χ4n) is 1.41. The summed E-state index contributed by atoms with van der Waals surface area (Å²) in [5, 5.41) is 0. The van der Waals surface area contributed by atoms with Crippen LogP contribution in [-0.2, 0) is 16.1 Å². The highest BCUT2D eigenvalue weighted by molar-refractivity contribution is 5.77. The Morgan fingerprint density at radius 1 is 1.38 bits per heavy atom. The standard InChI is InChI=1S/C13H19NO2/c1-3-8-16-13(15)10(2)12-6-4-11(9-14)5-7-12/h4-7,10H,3,8-9,14H2,1-2H3. The lowest BCUT2D eigenvalue weighted by Crippen LogP contribution is -2.13. The fraction of sp³-hybridized carbons (Fsp3) is 0.462. The first-order valence-corrected chi connectivity index (χ1v) is 5.64. The van der Waals surface area contributed by atoms with Crippen molar-refractivity contribution >= 4 is 5.97 Å². The third-order valence-corrected chi connectivity index (χ3v) is 2.52. The minimum atomic E-state index is -0.210. The van der Waals surface area contributed by atoms with Crippen LogP contribution in [0.2, 0.25) is 0 Å². The van der Waals surface area contributed by atoms with Crippen LogP contribution in [0.25, 0.3) is 0 Å². The third kappa shape index (κ3) is 3.35. The van der Waals surface area contributed by atoms with Crippen molar-refractivity contribution in [3.8, 4) is 0 Å². The molecule has 88 valence electrons. The van der Waals surface area contributed by atoms with E-state index in [0.717, 1.165) is 17.5 Å². The SMILES string of the molecule is CCCOC(=O)C(C)c1ccc(CN)cc1. The molecule has 0 radical (unpaired) electrons. The number of hydrogen-bond acceptors (Lipinski definition) is 3. The molecule has 0 fully saturated rings. The second-order valence-electron chi connectivity index (χ2n) is 3.83. The van der Waals surface area contributed by atoms with Crippen LogP contribution < -0.4 is 5.73 Å². The molecule has 1 unspecified atom stereocenters. The van der Waals surface area contributed by atoms with Gasteiger partial charge < -0.3 is 10.5 Å². The molecule has 0 heterocycles. The van der Waals surface area contributed by atoms with Crippen LogP contribution in [0.5, 0.6) is 0 Å². The lowest BCUT2D eigenvalue weighted by molar-refractivity contribution is -0.145. The topological polar surface area (TPSA) is 52.3 Å². The summed E-state index contributed by atoms with van der Waals surface area (Å²) in [6.45, 7) is 4.85. The molecule has 0 aliphatic carbocycles. The minimum Gasteiger partial charge on any atom is -0.465 e. The summed E-state index contributed by atoms with van der Waals surface area (Å²) in [4.78, 5) is 11.6. The molecule has 0 aromatic heterocycles. The van der Waals surface area contributed by atoms with Crippen LogP contribution in [0.3, 0.4) is 0 Å². The summed E-state index contributed by atoms with van der Waals surface area (Å²) in [5.41, 5.74) is 7.55. The third-order valence-electron chi connectivity index (χ3n) is 2.52. The number of benzene rings is 1. The normalized spacial score (nSPS) is 12.2. The van der Waals surface area contributed by atoms with Gasteiger partial charge in [0.05, 0.1) is 12.5 Å². The molecule has 1 atom stereocenters. The first-order chi connectivity index (χ1) is 7.69. The molecule has 0 aliphatic rings. The van der Waals surface area contributed by atoms with E-state index in [1.54, 1.807) is 0 Å². The van der Waals surface area contributed by atoms with Gasteiger partial charge in [-0.25, -0.2) is 0 Å². The van der Waals surface area contributed by atoms with Crippen LogP contribution >= 0.6 is 0 Å². The molecule has 0 bridgehead atoms. The van der Waals surface area contributed by atoms with Crippen LogP contribution in [0.1, 0.15) is 37.3 Å². The molecule has 0 saturated carbocycles. The molecule has 1 aromatic rings. The lowest BCUT2D eigenvalue weighted by atomic mass is 10.00. The Balaban J connectivity index is 2.64. The number of ether oxygens (including phenoxy) is 1. The Labute approximate surface area is 96.6 Å². The molecule has 0 spiro atoms. The largest absolute Gasteiger partial charge is 0.465 e. The van der Waals surface area contributed by atoms with Crippen molar-refractivity contribution in [1.82, 2.24) is 0 Å². The second kappa shape index (κ2) is 6.28. The quantitative estimate of drug-likeness (QED) is 0.775. The van der Waals surface area contributed by atoms with Crippen molar-refractivity contribution < 1.29 is 9.53 Å². The molecule has 3 nitrogen and oxygen atoms in total. The Morgan fingerprint density at radius 2 is 2.00 bits per heavy atom. The van der Waals surface area contributed by atoms with E-state index in [4.69, 9.17) is 10.5 Å². The lowest BCUT2D eigenvalue weighted by Gasteiger charge is -2.11. The minimum absolute atomic E-state index is 0.164. The van der Waals surface area contributed by atoms with Crippen molar-refractivity contribution in [3.05, 3.63) is 35.4 Å². The van der Waals surface area contributed by atoms with Crippen LogP contribution in [0.15, 0.2) is 24.3 Å². The predicted molar refractivity (Wildman–Crippen MR) is 64.0 cm³/mol. The highest BCUT2D eigenvalue weighted by atomic mass is 16.5. The van der Waals surface area contributed by atoms with E-state index in [2.05, 4.69) is 0 Å².